The number of rotatable bonds is 4. The molecule has 0 aliphatic rings. The number of nitrogens with zero attached hydrogens (tertiary/aromatic N) is 1. The van der Waals surface area contributed by atoms with E-state index in [9.17, 15) is 8.42 Å². The van der Waals surface area contributed by atoms with Gasteiger partial charge in [0.1, 0.15) is 16.7 Å². The van der Waals surface area contributed by atoms with Gasteiger partial charge in [-0.3, -0.25) is 0 Å². The zero-order valence-electron chi connectivity index (χ0n) is 10.8. The van der Waals surface area contributed by atoms with Crippen LogP contribution in [-0.4, -0.2) is 21.6 Å². The number of benzene rings is 1. The van der Waals surface area contributed by atoms with Gasteiger partial charge in [0, 0.05) is 0 Å². The van der Waals surface area contributed by atoms with Crippen LogP contribution in [-0.2, 0) is 10.0 Å². The summed E-state index contributed by atoms with van der Waals surface area (Å²) in [5.74, 6) is 0.274. The number of nitriles is 1. The van der Waals surface area contributed by atoms with Crippen LogP contribution < -0.4 is 9.46 Å². The standard InChI is InChI=1S/C12H16N2O3S/c1-8-5-11(17-4)12(6-9(8)2)18(15,16)14-10(3)7-13/h5-6,10,14H,1-4H3. The summed E-state index contributed by atoms with van der Waals surface area (Å²) in [7, 11) is -2.34. The largest absolute Gasteiger partial charge is 0.495 e. The van der Waals surface area contributed by atoms with Crippen molar-refractivity contribution in [2.24, 2.45) is 0 Å². The maximum Gasteiger partial charge on any atom is 0.245 e. The molecule has 1 aromatic carbocycles. The molecule has 0 saturated carbocycles. The average molecular weight is 268 g/mol. The molecule has 0 aliphatic heterocycles. The molecule has 0 bridgehead atoms. The van der Waals surface area contributed by atoms with Crippen LogP contribution >= 0.6 is 0 Å². The van der Waals surface area contributed by atoms with E-state index in [0.717, 1.165) is 11.1 Å². The lowest BCUT2D eigenvalue weighted by molar-refractivity contribution is 0.401. The van der Waals surface area contributed by atoms with Crippen LogP contribution in [0.3, 0.4) is 0 Å². The molecular weight excluding hydrogens is 252 g/mol. The highest BCUT2D eigenvalue weighted by Crippen LogP contribution is 2.27. The van der Waals surface area contributed by atoms with Crippen LogP contribution in [0.15, 0.2) is 17.0 Å². The summed E-state index contributed by atoms with van der Waals surface area (Å²) < 4.78 is 31.6. The molecular formula is C12H16N2O3S. The Labute approximate surface area is 107 Å². The number of ether oxygens (including phenoxy) is 1. The average Bonchev–Trinajstić information content (AvgIpc) is 2.31. The summed E-state index contributed by atoms with van der Waals surface area (Å²) in [5, 5.41) is 8.66. The molecule has 0 saturated heterocycles. The Morgan fingerprint density at radius 3 is 2.39 bits per heavy atom. The van der Waals surface area contributed by atoms with Crippen molar-refractivity contribution < 1.29 is 13.2 Å². The molecule has 0 aliphatic carbocycles. The fourth-order valence-corrected chi connectivity index (χ4v) is 2.84. The van der Waals surface area contributed by atoms with Crippen LogP contribution in [0.2, 0.25) is 0 Å². The third-order valence-corrected chi connectivity index (χ3v) is 4.16. The van der Waals surface area contributed by atoms with Gasteiger partial charge >= 0.3 is 0 Å². The van der Waals surface area contributed by atoms with Crippen molar-refractivity contribution in [3.8, 4) is 11.8 Å². The van der Waals surface area contributed by atoms with Gasteiger partial charge in [-0.05, 0) is 44.0 Å². The van der Waals surface area contributed by atoms with Crippen LogP contribution in [0, 0.1) is 25.2 Å². The number of aryl methyl sites for hydroxylation is 2. The van der Waals surface area contributed by atoms with E-state index in [1.165, 1.54) is 14.0 Å². The van der Waals surface area contributed by atoms with Gasteiger partial charge in [0.2, 0.25) is 10.0 Å². The minimum atomic E-state index is -3.75. The summed E-state index contributed by atoms with van der Waals surface area (Å²) in [5.41, 5.74) is 1.79. The van der Waals surface area contributed by atoms with Crippen molar-refractivity contribution in [2.45, 2.75) is 31.7 Å². The molecule has 1 unspecified atom stereocenters. The van der Waals surface area contributed by atoms with E-state index in [-0.39, 0.29) is 10.6 Å². The Kier molecular flexibility index (Phi) is 4.33. The van der Waals surface area contributed by atoms with Gasteiger partial charge in [-0.2, -0.15) is 9.98 Å². The summed E-state index contributed by atoms with van der Waals surface area (Å²) in [4.78, 5) is 0.0511. The van der Waals surface area contributed by atoms with E-state index in [2.05, 4.69) is 4.72 Å². The van der Waals surface area contributed by atoms with E-state index in [4.69, 9.17) is 10.00 Å². The first kappa shape index (κ1) is 14.5. The fraction of sp³-hybridized carbons (Fsp3) is 0.417. The first-order valence-corrected chi connectivity index (χ1v) is 6.87. The maximum atomic E-state index is 12.1. The van der Waals surface area contributed by atoms with E-state index >= 15 is 0 Å². The molecule has 0 fully saturated rings. The van der Waals surface area contributed by atoms with E-state index in [1.807, 2.05) is 19.9 Å². The Morgan fingerprint density at radius 1 is 1.33 bits per heavy atom. The normalized spacial score (nSPS) is 12.8. The zero-order valence-corrected chi connectivity index (χ0v) is 11.6. The van der Waals surface area contributed by atoms with Crippen LogP contribution in [0.5, 0.6) is 5.75 Å². The molecule has 0 radical (unpaired) electrons. The monoisotopic (exact) mass is 268 g/mol. The van der Waals surface area contributed by atoms with Crippen LogP contribution in [0.1, 0.15) is 18.1 Å². The topological polar surface area (TPSA) is 79.2 Å². The van der Waals surface area contributed by atoms with Crippen molar-refractivity contribution in [2.75, 3.05) is 7.11 Å². The van der Waals surface area contributed by atoms with Crippen molar-refractivity contribution in [3.63, 3.8) is 0 Å². The van der Waals surface area contributed by atoms with Crippen molar-refractivity contribution in [1.82, 2.24) is 4.72 Å². The van der Waals surface area contributed by atoms with E-state index in [1.54, 1.807) is 12.1 Å². The number of hydrogen-bond donors (Lipinski definition) is 1. The Morgan fingerprint density at radius 2 is 1.89 bits per heavy atom. The Bertz CT molecular complexity index is 588. The van der Waals surface area contributed by atoms with Crippen LogP contribution in [0.4, 0.5) is 0 Å². The molecule has 0 heterocycles. The van der Waals surface area contributed by atoms with E-state index in [0.29, 0.717) is 0 Å². The Balaban J connectivity index is 3.32. The smallest absolute Gasteiger partial charge is 0.245 e. The summed E-state index contributed by atoms with van der Waals surface area (Å²) in [6.45, 7) is 5.17. The molecule has 0 amide bonds. The molecule has 1 rings (SSSR count). The van der Waals surface area contributed by atoms with Crippen molar-refractivity contribution in [3.05, 3.63) is 23.3 Å². The predicted octanol–water partition coefficient (Wildman–Crippen LogP) is 1.50. The van der Waals surface area contributed by atoms with E-state index < -0.39 is 16.1 Å². The minimum Gasteiger partial charge on any atom is -0.495 e. The SMILES string of the molecule is COc1cc(C)c(C)cc1S(=O)(=O)NC(C)C#N. The van der Waals surface area contributed by atoms with Gasteiger partial charge in [0.05, 0.1) is 13.2 Å². The second-order valence-corrected chi connectivity index (χ2v) is 5.74. The predicted molar refractivity (Wildman–Crippen MR) is 67.9 cm³/mol. The number of hydrogen-bond acceptors (Lipinski definition) is 4. The molecule has 0 spiro atoms. The first-order valence-electron chi connectivity index (χ1n) is 5.39. The first-order chi connectivity index (χ1) is 8.31. The zero-order chi connectivity index (χ0) is 13.9. The van der Waals surface area contributed by atoms with Crippen molar-refractivity contribution in [1.29, 1.82) is 5.26 Å². The highest BCUT2D eigenvalue weighted by atomic mass is 32.2. The van der Waals surface area contributed by atoms with Gasteiger partial charge < -0.3 is 4.74 Å². The number of sulfonamides is 1. The quantitative estimate of drug-likeness (QED) is 0.897. The highest BCUT2D eigenvalue weighted by molar-refractivity contribution is 7.89. The molecule has 0 aromatic heterocycles. The van der Waals surface area contributed by atoms with Gasteiger partial charge in [-0.15, -0.1) is 0 Å². The third kappa shape index (κ3) is 3.00. The summed E-state index contributed by atoms with van der Waals surface area (Å²) >= 11 is 0. The number of methoxy groups -OCH3 is 1. The number of nitrogens with one attached hydrogen (secondary N) is 1. The molecule has 98 valence electrons. The van der Waals surface area contributed by atoms with Crippen LogP contribution in [0.25, 0.3) is 0 Å². The van der Waals surface area contributed by atoms with Crippen molar-refractivity contribution >= 4 is 10.0 Å². The lowest BCUT2D eigenvalue weighted by Gasteiger charge is -2.13. The molecule has 18 heavy (non-hydrogen) atoms. The molecule has 1 N–H and O–H groups in total. The van der Waals surface area contributed by atoms with Gasteiger partial charge in [-0.25, -0.2) is 8.42 Å². The minimum absolute atomic E-state index is 0.0511. The fourth-order valence-electron chi connectivity index (χ4n) is 1.46. The summed E-state index contributed by atoms with van der Waals surface area (Å²) in [6.07, 6.45) is 0. The third-order valence-electron chi connectivity index (χ3n) is 2.60. The lowest BCUT2D eigenvalue weighted by atomic mass is 10.1. The van der Waals surface area contributed by atoms with Gasteiger partial charge in [-0.1, -0.05) is 0 Å². The molecule has 1 aromatic rings. The molecule has 1 atom stereocenters. The second-order valence-electron chi connectivity index (χ2n) is 4.06. The van der Waals surface area contributed by atoms with Gasteiger partial charge in [0.15, 0.2) is 0 Å². The highest BCUT2D eigenvalue weighted by Gasteiger charge is 2.22. The second kappa shape index (κ2) is 5.38. The summed E-state index contributed by atoms with van der Waals surface area (Å²) in [6, 6.07) is 4.24. The Hall–Kier alpha value is -1.58. The molecule has 5 nitrogen and oxygen atoms in total. The lowest BCUT2D eigenvalue weighted by Crippen LogP contribution is -2.31. The maximum absolute atomic E-state index is 12.1. The molecule has 6 heteroatoms. The van der Waals surface area contributed by atoms with Gasteiger partial charge in [0.25, 0.3) is 0 Å².